The molecule has 1 heterocycles. The van der Waals surface area contributed by atoms with Crippen LogP contribution >= 0.6 is 23.2 Å². The lowest BCUT2D eigenvalue weighted by atomic mass is 10.1. The van der Waals surface area contributed by atoms with Crippen LogP contribution in [0.5, 0.6) is 5.75 Å². The SMILES string of the molecule is Cc1cc(/C=N\Nc2ccc3ccccc3n2)cc(C)c1OCc1ccc(Cl)c(Cl)c1. The Bertz CT molecular complexity index is 1250. The number of nitrogens with zero attached hydrogens (tertiary/aromatic N) is 2. The summed E-state index contributed by atoms with van der Waals surface area (Å²) in [6.07, 6.45) is 1.78. The summed E-state index contributed by atoms with van der Waals surface area (Å²) in [6.45, 7) is 4.46. The molecule has 1 aromatic heterocycles. The van der Waals surface area contributed by atoms with Crippen molar-refractivity contribution < 1.29 is 4.74 Å². The van der Waals surface area contributed by atoms with Crippen LogP contribution < -0.4 is 10.2 Å². The molecule has 0 atom stereocenters. The molecule has 0 saturated carbocycles. The van der Waals surface area contributed by atoms with Gasteiger partial charge in [-0.25, -0.2) is 4.98 Å². The number of halogens is 2. The summed E-state index contributed by atoms with van der Waals surface area (Å²) in [6, 6.07) is 21.5. The van der Waals surface area contributed by atoms with Crippen molar-refractivity contribution >= 4 is 46.1 Å². The zero-order valence-corrected chi connectivity index (χ0v) is 18.7. The molecule has 0 fully saturated rings. The standard InChI is InChI=1S/C25H21Cl2N3O/c1-16-11-19(14-28-30-24-10-8-20-5-3-4-6-23(20)29-24)12-17(2)25(16)31-15-18-7-9-21(26)22(27)13-18/h3-14H,15H2,1-2H3,(H,29,30)/b28-14-. The first-order valence-electron chi connectivity index (χ1n) is 9.82. The zero-order valence-electron chi connectivity index (χ0n) is 17.2. The average molecular weight is 450 g/mol. The van der Waals surface area contributed by atoms with Gasteiger partial charge in [0.15, 0.2) is 0 Å². The van der Waals surface area contributed by atoms with Gasteiger partial charge in [-0.3, -0.25) is 5.43 Å². The Morgan fingerprint density at radius 2 is 1.71 bits per heavy atom. The Hall–Kier alpha value is -3.08. The first-order valence-corrected chi connectivity index (χ1v) is 10.6. The van der Waals surface area contributed by atoms with Crippen molar-refractivity contribution in [1.29, 1.82) is 0 Å². The molecule has 0 spiro atoms. The summed E-state index contributed by atoms with van der Waals surface area (Å²) < 4.78 is 6.05. The highest BCUT2D eigenvalue weighted by Crippen LogP contribution is 2.27. The van der Waals surface area contributed by atoms with Crippen LogP contribution in [0.25, 0.3) is 10.9 Å². The molecular weight excluding hydrogens is 429 g/mol. The van der Waals surface area contributed by atoms with E-state index in [4.69, 9.17) is 27.9 Å². The third kappa shape index (κ3) is 5.16. The number of fused-ring (bicyclic) bond motifs is 1. The largest absolute Gasteiger partial charge is 0.488 e. The molecule has 0 aliphatic heterocycles. The maximum Gasteiger partial charge on any atom is 0.146 e. The fraction of sp³-hybridized carbons (Fsp3) is 0.120. The van der Waals surface area contributed by atoms with Crippen molar-refractivity contribution in [3.05, 3.63) is 99.0 Å². The molecule has 0 unspecified atom stereocenters. The maximum absolute atomic E-state index is 6.09. The fourth-order valence-electron chi connectivity index (χ4n) is 3.37. The molecule has 0 amide bonds. The third-order valence-corrected chi connectivity index (χ3v) is 5.58. The average Bonchev–Trinajstić information content (AvgIpc) is 2.75. The molecule has 0 saturated heterocycles. The number of benzene rings is 3. The van der Waals surface area contributed by atoms with Crippen LogP contribution in [0.3, 0.4) is 0 Å². The number of nitrogens with one attached hydrogen (secondary N) is 1. The van der Waals surface area contributed by atoms with Crippen molar-refractivity contribution in [3.8, 4) is 5.75 Å². The number of rotatable bonds is 6. The smallest absolute Gasteiger partial charge is 0.146 e. The van der Waals surface area contributed by atoms with Gasteiger partial charge in [0, 0.05) is 5.39 Å². The summed E-state index contributed by atoms with van der Waals surface area (Å²) in [4.78, 5) is 4.56. The second-order valence-corrected chi connectivity index (χ2v) is 8.09. The van der Waals surface area contributed by atoms with Crippen LogP contribution in [-0.4, -0.2) is 11.2 Å². The lowest BCUT2D eigenvalue weighted by molar-refractivity contribution is 0.302. The minimum absolute atomic E-state index is 0.418. The van der Waals surface area contributed by atoms with Crippen molar-refractivity contribution in [3.63, 3.8) is 0 Å². The molecule has 6 heteroatoms. The van der Waals surface area contributed by atoms with E-state index < -0.39 is 0 Å². The second kappa shape index (κ2) is 9.38. The molecule has 0 radical (unpaired) electrons. The van der Waals surface area contributed by atoms with Crippen molar-refractivity contribution in [2.45, 2.75) is 20.5 Å². The molecule has 4 aromatic rings. The van der Waals surface area contributed by atoms with E-state index in [9.17, 15) is 0 Å². The predicted octanol–water partition coefficient (Wildman–Crippen LogP) is 7.18. The van der Waals surface area contributed by atoms with Crippen LogP contribution in [0.1, 0.15) is 22.3 Å². The Morgan fingerprint density at radius 3 is 2.48 bits per heavy atom. The highest BCUT2D eigenvalue weighted by Gasteiger charge is 2.07. The van der Waals surface area contributed by atoms with Crippen molar-refractivity contribution in [1.82, 2.24) is 4.98 Å². The van der Waals surface area contributed by atoms with E-state index in [1.165, 1.54) is 0 Å². The van der Waals surface area contributed by atoms with E-state index in [1.807, 2.05) is 74.5 Å². The van der Waals surface area contributed by atoms with Gasteiger partial charge in [0.1, 0.15) is 18.2 Å². The first-order chi connectivity index (χ1) is 15.0. The number of para-hydroxylation sites is 1. The van der Waals surface area contributed by atoms with E-state index in [-0.39, 0.29) is 0 Å². The zero-order chi connectivity index (χ0) is 21.8. The number of aryl methyl sites for hydroxylation is 2. The molecule has 31 heavy (non-hydrogen) atoms. The van der Waals surface area contributed by atoms with Gasteiger partial charge in [-0.2, -0.15) is 5.10 Å². The summed E-state index contributed by atoms with van der Waals surface area (Å²) in [5, 5.41) is 6.49. The van der Waals surface area contributed by atoms with E-state index >= 15 is 0 Å². The minimum atomic E-state index is 0.418. The summed E-state index contributed by atoms with van der Waals surface area (Å²) in [5.41, 5.74) is 7.93. The quantitative estimate of drug-likeness (QED) is 0.250. The highest BCUT2D eigenvalue weighted by atomic mass is 35.5. The molecule has 0 bridgehead atoms. The van der Waals surface area contributed by atoms with Crippen LogP contribution in [0.4, 0.5) is 5.82 Å². The molecule has 3 aromatic carbocycles. The van der Waals surface area contributed by atoms with E-state index in [0.717, 1.165) is 38.9 Å². The van der Waals surface area contributed by atoms with Crippen LogP contribution in [0.15, 0.2) is 71.8 Å². The van der Waals surface area contributed by atoms with E-state index in [1.54, 1.807) is 12.3 Å². The molecular formula is C25H21Cl2N3O. The minimum Gasteiger partial charge on any atom is -0.488 e. The topological polar surface area (TPSA) is 46.5 Å². The van der Waals surface area contributed by atoms with Gasteiger partial charge in [0.05, 0.1) is 21.8 Å². The normalized spacial score (nSPS) is 11.2. The monoisotopic (exact) mass is 449 g/mol. The number of hydrazone groups is 1. The number of hydrogen-bond acceptors (Lipinski definition) is 4. The lowest BCUT2D eigenvalue weighted by Gasteiger charge is -2.13. The second-order valence-electron chi connectivity index (χ2n) is 7.28. The Morgan fingerprint density at radius 1 is 0.935 bits per heavy atom. The van der Waals surface area contributed by atoms with Crippen LogP contribution in [0.2, 0.25) is 10.0 Å². The molecule has 4 rings (SSSR count). The molecule has 1 N–H and O–H groups in total. The van der Waals surface area contributed by atoms with Crippen molar-refractivity contribution in [2.75, 3.05) is 5.43 Å². The van der Waals surface area contributed by atoms with Crippen LogP contribution in [-0.2, 0) is 6.61 Å². The molecule has 0 aliphatic rings. The Labute approximate surface area is 191 Å². The number of anilines is 1. The van der Waals surface area contributed by atoms with Gasteiger partial charge in [-0.1, -0.05) is 47.5 Å². The number of hydrogen-bond donors (Lipinski definition) is 1. The first kappa shape index (κ1) is 21.2. The van der Waals surface area contributed by atoms with Gasteiger partial charge in [-0.05, 0) is 78.6 Å². The van der Waals surface area contributed by atoms with Gasteiger partial charge in [0.25, 0.3) is 0 Å². The van der Waals surface area contributed by atoms with Crippen LogP contribution in [0, 0.1) is 13.8 Å². The molecule has 0 aliphatic carbocycles. The summed E-state index contributed by atoms with van der Waals surface area (Å²) in [5.74, 6) is 1.55. The predicted molar refractivity (Wildman–Crippen MR) is 130 cm³/mol. The summed E-state index contributed by atoms with van der Waals surface area (Å²) >= 11 is 12.1. The molecule has 156 valence electrons. The molecule has 4 nitrogen and oxygen atoms in total. The van der Waals surface area contributed by atoms with E-state index in [0.29, 0.717) is 22.5 Å². The number of pyridine rings is 1. The third-order valence-electron chi connectivity index (χ3n) is 4.84. The Balaban J connectivity index is 1.43. The van der Waals surface area contributed by atoms with Crippen molar-refractivity contribution in [2.24, 2.45) is 5.10 Å². The maximum atomic E-state index is 6.09. The van der Waals surface area contributed by atoms with Gasteiger partial charge in [0.2, 0.25) is 0 Å². The van der Waals surface area contributed by atoms with Gasteiger partial charge < -0.3 is 4.74 Å². The highest BCUT2D eigenvalue weighted by molar-refractivity contribution is 6.42. The summed E-state index contributed by atoms with van der Waals surface area (Å²) in [7, 11) is 0. The van der Waals surface area contributed by atoms with E-state index in [2.05, 4.69) is 15.5 Å². The van der Waals surface area contributed by atoms with Gasteiger partial charge >= 0.3 is 0 Å². The number of ether oxygens (including phenoxy) is 1. The number of aromatic nitrogens is 1. The Kier molecular flexibility index (Phi) is 6.40. The fourth-order valence-corrected chi connectivity index (χ4v) is 3.69. The lowest BCUT2D eigenvalue weighted by Crippen LogP contribution is -2.00. The van der Waals surface area contributed by atoms with Gasteiger partial charge in [-0.15, -0.1) is 0 Å².